The van der Waals surface area contributed by atoms with E-state index in [4.69, 9.17) is 5.73 Å². The van der Waals surface area contributed by atoms with Crippen LogP contribution in [0.4, 0.5) is 35.9 Å². The first kappa shape index (κ1) is 24.4. The molecule has 3 rings (SSSR count). The average Bonchev–Trinajstić information content (AvgIpc) is 2.80. The number of nitrogens with one attached hydrogen (secondary N) is 1. The van der Waals surface area contributed by atoms with Gasteiger partial charge >= 0.3 is 12.1 Å². The van der Waals surface area contributed by atoms with Crippen molar-refractivity contribution >= 4 is 40.5 Å². The van der Waals surface area contributed by atoms with Crippen molar-refractivity contribution in [3.05, 3.63) is 78.6 Å². The average molecular weight is 472 g/mol. The van der Waals surface area contributed by atoms with Gasteiger partial charge in [-0.05, 0) is 42.5 Å². The molecule has 8 nitrogen and oxygen atoms in total. The normalized spacial score (nSPS) is 13.0. The Bertz CT molecular complexity index is 1220. The minimum absolute atomic E-state index is 0.0350. The number of para-hydroxylation sites is 2. The predicted octanol–water partition coefficient (Wildman–Crippen LogP) is 3.91. The van der Waals surface area contributed by atoms with Crippen LogP contribution in [-0.2, 0) is 9.59 Å². The van der Waals surface area contributed by atoms with Gasteiger partial charge in [0.15, 0.2) is 5.69 Å². The van der Waals surface area contributed by atoms with Gasteiger partial charge in [0.05, 0.1) is 23.3 Å². The Kier molecular flexibility index (Phi) is 6.68. The molecule has 0 saturated heterocycles. The largest absolute Gasteiger partial charge is 0.512 e. The van der Waals surface area contributed by atoms with Crippen molar-refractivity contribution in [2.75, 3.05) is 23.1 Å². The molecule has 2 aromatic carbocycles. The first-order chi connectivity index (χ1) is 16.0. The van der Waals surface area contributed by atoms with Crippen LogP contribution in [0.1, 0.15) is 17.3 Å². The molecule has 3 amide bonds. The van der Waals surface area contributed by atoms with Gasteiger partial charge in [-0.25, -0.2) is 4.79 Å². The highest BCUT2D eigenvalue weighted by atomic mass is 19.4. The van der Waals surface area contributed by atoms with Crippen LogP contribution < -0.4 is 20.7 Å². The lowest BCUT2D eigenvalue weighted by Gasteiger charge is -2.39. The molecule has 0 aliphatic carbocycles. The van der Waals surface area contributed by atoms with Gasteiger partial charge in [0, 0.05) is 24.8 Å². The summed E-state index contributed by atoms with van der Waals surface area (Å²) < 4.78 is 39.2. The summed E-state index contributed by atoms with van der Waals surface area (Å²) in [4.78, 5) is 41.5. The number of amides is 3. The SMILES string of the molecule is CC(=O)N(c1ccc(C(=O)Nc2ccccc2N)cc1)[N+](C)(C(=O)C(F)(F)F)c1cccnc1. The number of alkyl halides is 3. The number of hydrogen-bond donors (Lipinski definition) is 2. The number of hydrogen-bond acceptors (Lipinski definition) is 5. The minimum Gasteiger partial charge on any atom is -0.397 e. The smallest absolute Gasteiger partial charge is 0.397 e. The monoisotopic (exact) mass is 472 g/mol. The van der Waals surface area contributed by atoms with Crippen molar-refractivity contribution in [3.63, 3.8) is 0 Å². The summed E-state index contributed by atoms with van der Waals surface area (Å²) in [5.74, 6) is -3.55. The maximum absolute atomic E-state index is 13.6. The van der Waals surface area contributed by atoms with Crippen LogP contribution in [-0.4, -0.2) is 35.9 Å². The molecule has 0 saturated carbocycles. The summed E-state index contributed by atoms with van der Waals surface area (Å²) in [5.41, 5.74) is 6.51. The van der Waals surface area contributed by atoms with E-state index in [9.17, 15) is 27.6 Å². The quantitative estimate of drug-likeness (QED) is 0.340. The number of carbonyl (C=O) groups is 3. The van der Waals surface area contributed by atoms with Gasteiger partial charge in [0.2, 0.25) is 0 Å². The van der Waals surface area contributed by atoms with E-state index >= 15 is 0 Å². The fourth-order valence-corrected chi connectivity index (χ4v) is 3.44. The van der Waals surface area contributed by atoms with Gasteiger partial charge in [-0.2, -0.15) is 13.2 Å². The Balaban J connectivity index is 2.02. The zero-order chi connectivity index (χ0) is 25.1. The molecule has 0 aliphatic heterocycles. The number of aromatic nitrogens is 1. The summed E-state index contributed by atoms with van der Waals surface area (Å²) in [7, 11) is 0.951. The molecule has 3 aromatic rings. The molecule has 0 fully saturated rings. The molecule has 1 aromatic heterocycles. The van der Waals surface area contributed by atoms with E-state index in [2.05, 4.69) is 10.3 Å². The van der Waals surface area contributed by atoms with Gasteiger partial charge in [0.25, 0.3) is 11.8 Å². The molecule has 11 heteroatoms. The summed E-state index contributed by atoms with van der Waals surface area (Å²) in [5, 5.41) is 3.32. The van der Waals surface area contributed by atoms with Crippen LogP contribution in [0, 0.1) is 0 Å². The van der Waals surface area contributed by atoms with Crippen molar-refractivity contribution in [1.82, 2.24) is 9.58 Å². The minimum atomic E-state index is -5.26. The third kappa shape index (κ3) is 4.74. The number of nitrogens with two attached hydrogens (primary N) is 1. The zero-order valence-electron chi connectivity index (χ0n) is 18.2. The number of carbonyl (C=O) groups excluding carboxylic acids is 3. The third-order valence-corrected chi connectivity index (χ3v) is 5.07. The number of quaternary nitrogens is 1. The van der Waals surface area contributed by atoms with E-state index < -0.39 is 28.5 Å². The van der Waals surface area contributed by atoms with Crippen molar-refractivity contribution < 1.29 is 27.6 Å². The second-order valence-corrected chi connectivity index (χ2v) is 7.39. The first-order valence-electron chi connectivity index (χ1n) is 9.92. The molecular formula is C23H21F3N5O3+. The van der Waals surface area contributed by atoms with Crippen LogP contribution in [0.25, 0.3) is 0 Å². The van der Waals surface area contributed by atoms with Gasteiger partial charge in [0.1, 0.15) is 7.05 Å². The third-order valence-electron chi connectivity index (χ3n) is 5.07. The van der Waals surface area contributed by atoms with E-state index in [1.165, 1.54) is 42.6 Å². The van der Waals surface area contributed by atoms with Crippen LogP contribution in [0.15, 0.2) is 73.1 Å². The molecule has 0 spiro atoms. The van der Waals surface area contributed by atoms with Crippen LogP contribution >= 0.6 is 0 Å². The van der Waals surface area contributed by atoms with Gasteiger partial charge in [-0.3, -0.25) is 14.6 Å². The number of halogens is 3. The van der Waals surface area contributed by atoms with Crippen LogP contribution in [0.5, 0.6) is 0 Å². The lowest BCUT2D eigenvalue weighted by atomic mass is 10.1. The van der Waals surface area contributed by atoms with Crippen LogP contribution in [0.3, 0.4) is 0 Å². The fourth-order valence-electron chi connectivity index (χ4n) is 3.44. The molecule has 0 radical (unpaired) electrons. The maximum Gasteiger partial charge on any atom is 0.512 e. The Morgan fingerprint density at radius 2 is 1.65 bits per heavy atom. The number of benzene rings is 2. The van der Waals surface area contributed by atoms with Gasteiger partial charge < -0.3 is 11.1 Å². The predicted molar refractivity (Wildman–Crippen MR) is 121 cm³/mol. The topological polar surface area (TPSA) is 105 Å². The van der Waals surface area contributed by atoms with Crippen LogP contribution in [0.2, 0.25) is 0 Å². The molecule has 34 heavy (non-hydrogen) atoms. The number of nitrogen functional groups attached to an aromatic ring is 1. The van der Waals surface area contributed by atoms with E-state index in [0.717, 1.165) is 20.2 Å². The van der Waals surface area contributed by atoms with E-state index in [1.54, 1.807) is 24.3 Å². The Morgan fingerprint density at radius 3 is 2.18 bits per heavy atom. The Morgan fingerprint density at radius 1 is 1.00 bits per heavy atom. The summed E-state index contributed by atoms with van der Waals surface area (Å²) >= 11 is 0. The van der Waals surface area contributed by atoms with Crippen molar-refractivity contribution in [2.24, 2.45) is 0 Å². The lowest BCUT2D eigenvalue weighted by Crippen LogP contribution is -2.68. The molecule has 1 atom stereocenters. The van der Waals surface area contributed by atoms with E-state index in [-0.39, 0.29) is 16.9 Å². The first-order valence-corrected chi connectivity index (χ1v) is 9.92. The molecule has 176 valence electrons. The zero-order valence-corrected chi connectivity index (χ0v) is 18.2. The van der Waals surface area contributed by atoms with Crippen molar-refractivity contribution in [1.29, 1.82) is 0 Å². The standard InChI is InChI=1S/C23H20F3N5O3/c1-15(32)30(31(2,22(34)23(24,25)26)18-6-5-13-28-14-18)17-11-9-16(10-12-17)21(33)29-20-8-4-3-7-19(20)27/h3-14H,27H2,1-2H3/p+1. The van der Waals surface area contributed by atoms with Gasteiger partial charge in [-0.1, -0.05) is 12.1 Å². The fraction of sp³-hybridized carbons (Fsp3) is 0.130. The number of nitrogens with zero attached hydrogens (tertiary/aromatic N) is 3. The van der Waals surface area contributed by atoms with Crippen molar-refractivity contribution in [2.45, 2.75) is 13.1 Å². The maximum atomic E-state index is 13.6. The van der Waals surface area contributed by atoms with E-state index in [0.29, 0.717) is 16.4 Å². The molecule has 0 bridgehead atoms. The highest BCUT2D eigenvalue weighted by Gasteiger charge is 2.58. The Labute approximate surface area is 193 Å². The second kappa shape index (κ2) is 9.32. The molecule has 0 aliphatic rings. The Hall–Kier alpha value is -4.25. The number of rotatable bonds is 4. The second-order valence-electron chi connectivity index (χ2n) is 7.39. The number of pyridine rings is 1. The molecule has 1 heterocycles. The molecule has 1 unspecified atom stereocenters. The summed E-state index contributed by atoms with van der Waals surface area (Å²) in [6, 6.07) is 14.4. The van der Waals surface area contributed by atoms with Gasteiger partial charge in [-0.15, -0.1) is 9.60 Å². The highest BCUT2D eigenvalue weighted by molar-refractivity contribution is 6.07. The van der Waals surface area contributed by atoms with Crippen molar-refractivity contribution in [3.8, 4) is 0 Å². The lowest BCUT2D eigenvalue weighted by molar-refractivity contribution is -0.184. The van der Waals surface area contributed by atoms with E-state index in [1.807, 2.05) is 0 Å². The summed E-state index contributed by atoms with van der Waals surface area (Å²) in [6.45, 7) is 1.04. The highest BCUT2D eigenvalue weighted by Crippen LogP contribution is 2.34. The summed E-state index contributed by atoms with van der Waals surface area (Å²) in [6.07, 6.45) is -2.85. The molecule has 3 N–H and O–H groups in total. The molecular weight excluding hydrogens is 451 g/mol. The number of anilines is 3.